The third kappa shape index (κ3) is 4.00. The van der Waals surface area contributed by atoms with E-state index in [1.54, 1.807) is 0 Å². The minimum Gasteiger partial charge on any atom is -0.387 e. The first-order valence-electron chi connectivity index (χ1n) is 4.48. The summed E-state index contributed by atoms with van der Waals surface area (Å²) in [7, 11) is 0. The van der Waals surface area contributed by atoms with Crippen molar-refractivity contribution in [1.82, 2.24) is 4.98 Å². The van der Waals surface area contributed by atoms with Crippen molar-refractivity contribution in [3.63, 3.8) is 0 Å². The van der Waals surface area contributed by atoms with Crippen LogP contribution in [0.15, 0.2) is 6.20 Å². The van der Waals surface area contributed by atoms with E-state index in [1.807, 2.05) is 0 Å². The van der Waals surface area contributed by atoms with Crippen LogP contribution in [0.3, 0.4) is 0 Å². The van der Waals surface area contributed by atoms with Crippen LogP contribution < -0.4 is 4.74 Å². The number of hydrogen-bond acceptors (Lipinski definition) is 3. The first kappa shape index (κ1) is 16.1. The van der Waals surface area contributed by atoms with Crippen molar-refractivity contribution in [3.8, 4) is 5.88 Å². The number of hydrogen-bond donors (Lipinski definition) is 0. The van der Waals surface area contributed by atoms with Crippen LogP contribution in [0, 0.1) is 0 Å². The molecule has 0 fully saturated rings. The Kier molecular flexibility index (Phi) is 5.08. The molecule has 3 nitrogen and oxygen atoms in total. The van der Waals surface area contributed by atoms with Gasteiger partial charge in [-0.25, -0.2) is 13.8 Å². The van der Waals surface area contributed by atoms with E-state index in [-0.39, 0.29) is 5.33 Å². The highest BCUT2D eigenvalue weighted by atomic mass is 79.9. The molecule has 106 valence electrons. The molecule has 19 heavy (non-hydrogen) atoms. The minimum atomic E-state index is -5.12. The molecule has 1 aromatic heterocycles. The molecule has 0 radical (unpaired) electrons. The molecule has 1 aromatic rings. The van der Waals surface area contributed by atoms with Gasteiger partial charge >= 0.3 is 6.36 Å². The van der Waals surface area contributed by atoms with Gasteiger partial charge in [-0.3, -0.25) is 4.79 Å². The lowest BCUT2D eigenvalue weighted by atomic mass is 10.1. The number of carbonyl (C=O) groups is 1. The van der Waals surface area contributed by atoms with Crippen molar-refractivity contribution in [1.29, 1.82) is 0 Å². The average Bonchev–Trinajstić information content (AvgIpc) is 2.25. The summed E-state index contributed by atoms with van der Waals surface area (Å²) in [5.41, 5.74) is -1.94. The van der Waals surface area contributed by atoms with Gasteiger partial charge < -0.3 is 4.74 Å². The van der Waals surface area contributed by atoms with E-state index < -0.39 is 40.6 Å². The molecule has 0 saturated carbocycles. The molecule has 1 heterocycles. The van der Waals surface area contributed by atoms with Crippen molar-refractivity contribution in [3.05, 3.63) is 22.9 Å². The van der Waals surface area contributed by atoms with Gasteiger partial charge in [-0.1, -0.05) is 15.9 Å². The first-order valence-corrected chi connectivity index (χ1v) is 5.98. The number of nitrogens with zero attached hydrogens (tertiary/aromatic N) is 1. The van der Waals surface area contributed by atoms with Gasteiger partial charge in [-0.05, 0) is 17.2 Å². The van der Waals surface area contributed by atoms with Crippen molar-refractivity contribution >= 4 is 32.8 Å². The smallest absolute Gasteiger partial charge is 0.387 e. The molecule has 10 heteroatoms. The Morgan fingerprint density at radius 2 is 2.05 bits per heavy atom. The molecule has 0 N–H and O–H groups in total. The van der Waals surface area contributed by atoms with Crippen LogP contribution in [0.5, 0.6) is 5.88 Å². The normalized spacial score (nSPS) is 11.8. The topological polar surface area (TPSA) is 39.2 Å². The van der Waals surface area contributed by atoms with Gasteiger partial charge in [0.1, 0.15) is 5.56 Å². The minimum absolute atomic E-state index is 0.308. The van der Waals surface area contributed by atoms with Crippen molar-refractivity contribution in [2.24, 2.45) is 0 Å². The number of halogens is 7. The Morgan fingerprint density at radius 3 is 2.42 bits per heavy atom. The number of alkyl halides is 6. The number of rotatable bonds is 4. The van der Waals surface area contributed by atoms with Crippen LogP contribution >= 0.6 is 27.5 Å². The second-order valence-corrected chi connectivity index (χ2v) is 4.03. The molecule has 0 unspecified atom stereocenters. The molecule has 1 rings (SSSR count). The van der Waals surface area contributed by atoms with Gasteiger partial charge in [-0.15, -0.1) is 13.2 Å². The van der Waals surface area contributed by atoms with Crippen LogP contribution in [-0.2, 0) is 5.33 Å². The van der Waals surface area contributed by atoms with Crippen LogP contribution in [0.1, 0.15) is 27.9 Å². The second-order valence-electron chi connectivity index (χ2n) is 3.13. The zero-order valence-corrected chi connectivity index (χ0v) is 11.1. The van der Waals surface area contributed by atoms with Gasteiger partial charge in [0.2, 0.25) is 5.88 Å². The zero-order valence-electron chi connectivity index (χ0n) is 8.77. The largest absolute Gasteiger partial charge is 0.574 e. The van der Waals surface area contributed by atoms with Crippen LogP contribution in [0.25, 0.3) is 0 Å². The third-order valence-corrected chi connectivity index (χ3v) is 2.71. The van der Waals surface area contributed by atoms with E-state index in [9.17, 15) is 26.7 Å². The van der Waals surface area contributed by atoms with E-state index in [4.69, 9.17) is 11.6 Å². The summed E-state index contributed by atoms with van der Waals surface area (Å²) in [6.07, 6.45) is -7.63. The monoisotopic (exact) mass is 367 g/mol. The standard InChI is InChI=1S/C9H4BrClF5NO2/c10-1-3-4(7(12)13)2-17-8(5(3)6(11)18)19-9(14,15)16/h2,7H,1H2. The second kappa shape index (κ2) is 6.00. The summed E-state index contributed by atoms with van der Waals surface area (Å²) in [4.78, 5) is 14.2. The van der Waals surface area contributed by atoms with Crippen LogP contribution in [-0.4, -0.2) is 16.6 Å². The van der Waals surface area contributed by atoms with E-state index >= 15 is 0 Å². The number of aromatic nitrogens is 1. The Hall–Kier alpha value is -0.960. The number of carbonyl (C=O) groups excluding carboxylic acids is 1. The molecule has 0 saturated heterocycles. The predicted molar refractivity (Wildman–Crippen MR) is 58.7 cm³/mol. The molecular weight excluding hydrogens is 364 g/mol. The van der Waals surface area contributed by atoms with Crippen LogP contribution in [0.4, 0.5) is 22.0 Å². The van der Waals surface area contributed by atoms with E-state index in [0.29, 0.717) is 6.20 Å². The Balaban J connectivity index is 3.46. The van der Waals surface area contributed by atoms with E-state index in [1.165, 1.54) is 0 Å². The maximum atomic E-state index is 12.6. The van der Waals surface area contributed by atoms with E-state index in [2.05, 4.69) is 25.7 Å². The zero-order chi connectivity index (χ0) is 14.8. The summed E-state index contributed by atoms with van der Waals surface area (Å²) in [6, 6.07) is 0. The Morgan fingerprint density at radius 1 is 1.47 bits per heavy atom. The van der Waals surface area contributed by atoms with E-state index in [0.717, 1.165) is 0 Å². The maximum absolute atomic E-state index is 12.6. The Labute approximate surface area is 116 Å². The van der Waals surface area contributed by atoms with Gasteiger partial charge in [0.25, 0.3) is 11.7 Å². The fourth-order valence-electron chi connectivity index (χ4n) is 1.27. The lowest BCUT2D eigenvalue weighted by Gasteiger charge is -2.15. The summed E-state index contributed by atoms with van der Waals surface area (Å²) in [5, 5.41) is -1.68. The first-order chi connectivity index (χ1) is 8.67. The molecule has 0 bridgehead atoms. The molecule has 0 amide bonds. The summed E-state index contributed by atoms with van der Waals surface area (Å²) < 4.78 is 65.1. The van der Waals surface area contributed by atoms with Gasteiger partial charge in [-0.2, -0.15) is 0 Å². The van der Waals surface area contributed by atoms with Gasteiger partial charge in [0.15, 0.2) is 0 Å². The fourth-order valence-corrected chi connectivity index (χ4v) is 2.06. The number of pyridine rings is 1. The lowest BCUT2D eigenvalue weighted by Crippen LogP contribution is -2.20. The highest BCUT2D eigenvalue weighted by Crippen LogP contribution is 2.34. The van der Waals surface area contributed by atoms with Crippen molar-refractivity contribution in [2.75, 3.05) is 0 Å². The fraction of sp³-hybridized carbons (Fsp3) is 0.333. The highest BCUT2D eigenvalue weighted by Gasteiger charge is 2.35. The molecule has 0 spiro atoms. The summed E-state index contributed by atoms with van der Waals surface area (Å²) in [5.74, 6) is -1.16. The molecule has 0 atom stereocenters. The van der Waals surface area contributed by atoms with Crippen LogP contribution in [0.2, 0.25) is 0 Å². The SMILES string of the molecule is O=C(Cl)c1c(OC(F)(F)F)ncc(C(F)F)c1CBr. The molecule has 0 aromatic carbocycles. The molecule has 0 aliphatic carbocycles. The summed E-state index contributed by atoms with van der Waals surface area (Å²) >= 11 is 7.91. The van der Waals surface area contributed by atoms with Gasteiger partial charge in [0, 0.05) is 17.1 Å². The average molecular weight is 368 g/mol. The summed E-state index contributed by atoms with van der Waals surface area (Å²) in [6.45, 7) is 0. The maximum Gasteiger partial charge on any atom is 0.574 e. The quantitative estimate of drug-likeness (QED) is 0.454. The lowest BCUT2D eigenvalue weighted by molar-refractivity contribution is -0.276. The molecular formula is C9H4BrClF5NO2. The highest BCUT2D eigenvalue weighted by molar-refractivity contribution is 9.08. The predicted octanol–water partition coefficient (Wildman–Crippen LogP) is 4.19. The molecule has 0 aliphatic heterocycles. The van der Waals surface area contributed by atoms with Gasteiger partial charge in [0.05, 0.1) is 0 Å². The number of ether oxygens (including phenoxy) is 1. The third-order valence-electron chi connectivity index (χ3n) is 1.96. The van der Waals surface area contributed by atoms with Crippen molar-refractivity contribution in [2.45, 2.75) is 18.1 Å². The van der Waals surface area contributed by atoms with Crippen molar-refractivity contribution < 1.29 is 31.5 Å². The molecule has 0 aliphatic rings. The Bertz CT molecular complexity index is 494.